The van der Waals surface area contributed by atoms with Gasteiger partial charge in [-0.15, -0.1) is 0 Å². The Balaban J connectivity index is 3.62. The molecular weight excluding hydrogens is 356 g/mol. The molecule has 0 aliphatic rings. The van der Waals surface area contributed by atoms with E-state index in [2.05, 4.69) is 48.2 Å². The normalized spacial score (nSPS) is 14.0. The molecule has 2 unspecified atom stereocenters. The SMILES string of the molecule is CC(C(=O)O)C(C)C(=O)NCCCCCCNC=NCCN(C(C)C)C(C)C. The molecule has 0 spiro atoms. The molecule has 7 nitrogen and oxygen atoms in total. The third-order valence-electron chi connectivity index (χ3n) is 5.10. The molecule has 0 aliphatic heterocycles. The van der Waals surface area contributed by atoms with Gasteiger partial charge in [0.15, 0.2) is 0 Å². The number of nitrogens with one attached hydrogen (secondary N) is 2. The van der Waals surface area contributed by atoms with Gasteiger partial charge in [-0.1, -0.05) is 26.7 Å². The standard InChI is InChI=1S/C21H42N4O3/c1-16(2)25(17(3)4)14-13-23-15-22-11-9-7-8-10-12-24-20(26)18(5)19(6)21(27)28/h15-19H,7-14H2,1-6H3,(H,22,23)(H,24,26)(H,27,28). The van der Waals surface area contributed by atoms with E-state index < -0.39 is 17.8 Å². The number of unbranched alkanes of at least 4 members (excludes halogenated alkanes) is 3. The van der Waals surface area contributed by atoms with Crippen LogP contribution in [0.25, 0.3) is 0 Å². The molecule has 28 heavy (non-hydrogen) atoms. The second kappa shape index (κ2) is 15.3. The first-order valence-electron chi connectivity index (χ1n) is 10.7. The Labute approximate surface area is 171 Å². The predicted octanol–water partition coefficient (Wildman–Crippen LogP) is 2.76. The maximum atomic E-state index is 11.9. The van der Waals surface area contributed by atoms with Crippen molar-refractivity contribution in [2.75, 3.05) is 26.2 Å². The zero-order valence-electron chi connectivity index (χ0n) is 18.7. The molecule has 0 rings (SSSR count). The van der Waals surface area contributed by atoms with Gasteiger partial charge in [-0.05, 0) is 40.5 Å². The number of carboxylic acid groups (broad SMARTS) is 1. The monoisotopic (exact) mass is 398 g/mol. The third-order valence-corrected chi connectivity index (χ3v) is 5.10. The Morgan fingerprint density at radius 2 is 1.50 bits per heavy atom. The minimum Gasteiger partial charge on any atom is -0.481 e. The number of carboxylic acids is 1. The van der Waals surface area contributed by atoms with Crippen LogP contribution in [-0.4, -0.2) is 66.5 Å². The van der Waals surface area contributed by atoms with Crippen molar-refractivity contribution in [3.05, 3.63) is 0 Å². The van der Waals surface area contributed by atoms with Gasteiger partial charge in [0.05, 0.1) is 18.8 Å². The molecule has 1 amide bonds. The quantitative estimate of drug-likeness (QED) is 0.211. The molecule has 7 heteroatoms. The van der Waals surface area contributed by atoms with E-state index in [0.717, 1.165) is 45.3 Å². The van der Waals surface area contributed by atoms with Gasteiger partial charge < -0.3 is 15.7 Å². The van der Waals surface area contributed by atoms with Crippen LogP contribution in [0.3, 0.4) is 0 Å². The minimum atomic E-state index is -0.934. The molecule has 0 aromatic heterocycles. The zero-order chi connectivity index (χ0) is 21.5. The number of nitrogens with zero attached hydrogens (tertiary/aromatic N) is 2. The first kappa shape index (κ1) is 26.4. The largest absolute Gasteiger partial charge is 0.481 e. The lowest BCUT2D eigenvalue weighted by atomic mass is 9.95. The summed E-state index contributed by atoms with van der Waals surface area (Å²) in [5.41, 5.74) is 0. The Bertz CT molecular complexity index is 459. The lowest BCUT2D eigenvalue weighted by Crippen LogP contribution is -2.38. The molecule has 0 heterocycles. The van der Waals surface area contributed by atoms with Crippen LogP contribution in [0, 0.1) is 11.8 Å². The number of hydrogen-bond donors (Lipinski definition) is 3. The molecular formula is C21H42N4O3. The number of aliphatic imine (C=N–C) groups is 1. The molecule has 164 valence electrons. The highest BCUT2D eigenvalue weighted by molar-refractivity contribution is 5.84. The van der Waals surface area contributed by atoms with Crippen molar-refractivity contribution in [3.8, 4) is 0 Å². The van der Waals surface area contributed by atoms with E-state index in [0.29, 0.717) is 18.6 Å². The van der Waals surface area contributed by atoms with E-state index in [9.17, 15) is 9.59 Å². The van der Waals surface area contributed by atoms with Gasteiger partial charge in [-0.25, -0.2) is 0 Å². The predicted molar refractivity (Wildman–Crippen MR) is 116 cm³/mol. The summed E-state index contributed by atoms with van der Waals surface area (Å²) in [7, 11) is 0. The van der Waals surface area contributed by atoms with Gasteiger partial charge in [0.1, 0.15) is 0 Å². The summed E-state index contributed by atoms with van der Waals surface area (Å²) in [6.45, 7) is 15.4. The summed E-state index contributed by atoms with van der Waals surface area (Å²) in [6.07, 6.45) is 5.92. The molecule has 0 aromatic carbocycles. The molecule has 0 radical (unpaired) electrons. The Morgan fingerprint density at radius 3 is 2.04 bits per heavy atom. The Morgan fingerprint density at radius 1 is 0.929 bits per heavy atom. The first-order chi connectivity index (χ1) is 13.2. The highest BCUT2D eigenvalue weighted by Crippen LogP contribution is 2.11. The van der Waals surface area contributed by atoms with Crippen molar-refractivity contribution in [2.24, 2.45) is 16.8 Å². The van der Waals surface area contributed by atoms with Crippen molar-refractivity contribution < 1.29 is 14.7 Å². The lowest BCUT2D eigenvalue weighted by molar-refractivity contribution is -0.146. The number of hydrogen-bond acceptors (Lipinski definition) is 4. The summed E-state index contributed by atoms with van der Waals surface area (Å²) in [5, 5.41) is 15.0. The van der Waals surface area contributed by atoms with E-state index in [1.54, 1.807) is 13.8 Å². The van der Waals surface area contributed by atoms with Crippen LogP contribution in [0.1, 0.15) is 67.2 Å². The summed E-state index contributed by atoms with van der Waals surface area (Å²) in [4.78, 5) is 29.6. The van der Waals surface area contributed by atoms with Crippen LogP contribution < -0.4 is 10.6 Å². The number of carbonyl (C=O) groups is 2. The highest BCUT2D eigenvalue weighted by Gasteiger charge is 2.25. The summed E-state index contributed by atoms with van der Waals surface area (Å²) >= 11 is 0. The number of rotatable bonds is 16. The fourth-order valence-electron chi connectivity index (χ4n) is 3.00. The smallest absolute Gasteiger partial charge is 0.307 e. The number of carbonyl (C=O) groups excluding carboxylic acids is 1. The van der Waals surface area contributed by atoms with E-state index in [1.807, 2.05) is 6.34 Å². The minimum absolute atomic E-state index is 0.179. The van der Waals surface area contributed by atoms with Crippen molar-refractivity contribution in [2.45, 2.75) is 79.3 Å². The van der Waals surface area contributed by atoms with E-state index in [-0.39, 0.29) is 5.91 Å². The van der Waals surface area contributed by atoms with Gasteiger partial charge in [-0.2, -0.15) is 0 Å². The second-order valence-corrected chi connectivity index (χ2v) is 8.04. The van der Waals surface area contributed by atoms with Gasteiger partial charge in [0.2, 0.25) is 5.91 Å². The highest BCUT2D eigenvalue weighted by atomic mass is 16.4. The summed E-state index contributed by atoms with van der Waals surface area (Å²) < 4.78 is 0. The van der Waals surface area contributed by atoms with Crippen molar-refractivity contribution in [3.63, 3.8) is 0 Å². The first-order valence-corrected chi connectivity index (χ1v) is 10.7. The Hall–Kier alpha value is -1.63. The average molecular weight is 399 g/mol. The van der Waals surface area contributed by atoms with Gasteiger partial charge in [0, 0.05) is 37.6 Å². The van der Waals surface area contributed by atoms with Gasteiger partial charge in [-0.3, -0.25) is 19.5 Å². The summed E-state index contributed by atoms with van der Waals surface area (Å²) in [6, 6.07) is 1.08. The zero-order valence-corrected chi connectivity index (χ0v) is 18.7. The number of aliphatic carboxylic acids is 1. The third kappa shape index (κ3) is 12.0. The average Bonchev–Trinajstić information content (AvgIpc) is 2.63. The molecule has 0 bridgehead atoms. The molecule has 0 saturated carbocycles. The van der Waals surface area contributed by atoms with Crippen molar-refractivity contribution >= 4 is 18.2 Å². The summed E-state index contributed by atoms with van der Waals surface area (Å²) in [5.74, 6) is -2.28. The topological polar surface area (TPSA) is 94.0 Å². The van der Waals surface area contributed by atoms with Gasteiger partial charge >= 0.3 is 5.97 Å². The van der Waals surface area contributed by atoms with Gasteiger partial charge in [0.25, 0.3) is 0 Å². The number of amides is 1. The van der Waals surface area contributed by atoms with Crippen molar-refractivity contribution in [1.29, 1.82) is 0 Å². The molecule has 3 N–H and O–H groups in total. The fourth-order valence-corrected chi connectivity index (χ4v) is 3.00. The van der Waals surface area contributed by atoms with Crippen LogP contribution in [0.5, 0.6) is 0 Å². The maximum Gasteiger partial charge on any atom is 0.307 e. The maximum absolute atomic E-state index is 11.9. The molecule has 0 fully saturated rings. The van der Waals surface area contributed by atoms with Crippen LogP contribution in [0.2, 0.25) is 0 Å². The van der Waals surface area contributed by atoms with E-state index >= 15 is 0 Å². The second-order valence-electron chi connectivity index (χ2n) is 8.04. The fraction of sp³-hybridized carbons (Fsp3) is 0.857. The van der Waals surface area contributed by atoms with Crippen LogP contribution in [0.15, 0.2) is 4.99 Å². The molecule has 2 atom stereocenters. The lowest BCUT2D eigenvalue weighted by Gasteiger charge is -2.29. The Kier molecular flexibility index (Phi) is 14.4. The van der Waals surface area contributed by atoms with Crippen LogP contribution in [0.4, 0.5) is 0 Å². The van der Waals surface area contributed by atoms with Crippen LogP contribution in [-0.2, 0) is 9.59 Å². The molecule has 0 saturated heterocycles. The van der Waals surface area contributed by atoms with E-state index in [1.165, 1.54) is 0 Å². The molecule has 0 aliphatic carbocycles. The van der Waals surface area contributed by atoms with Crippen molar-refractivity contribution in [1.82, 2.24) is 15.5 Å². The molecule has 0 aromatic rings. The van der Waals surface area contributed by atoms with Crippen LogP contribution >= 0.6 is 0 Å². The van der Waals surface area contributed by atoms with E-state index in [4.69, 9.17) is 5.11 Å².